The Labute approximate surface area is 89.3 Å². The lowest BCUT2D eigenvalue weighted by molar-refractivity contribution is 0.161. The first-order chi connectivity index (χ1) is 7.29. The normalized spacial score (nSPS) is 20.9. The molecule has 0 aliphatic carbocycles. The molecule has 1 saturated heterocycles. The van der Waals surface area contributed by atoms with Gasteiger partial charge in [-0.1, -0.05) is 0 Å². The Morgan fingerprint density at radius 3 is 3.20 bits per heavy atom. The number of nitrogen functional groups attached to an aromatic ring is 1. The summed E-state index contributed by atoms with van der Waals surface area (Å²) >= 11 is 0. The van der Waals surface area contributed by atoms with Crippen LogP contribution in [-0.2, 0) is 4.74 Å². The third-order valence-corrected chi connectivity index (χ3v) is 2.65. The summed E-state index contributed by atoms with van der Waals surface area (Å²) in [6.07, 6.45) is 4.46. The van der Waals surface area contributed by atoms with Gasteiger partial charge in [-0.3, -0.25) is 4.98 Å². The molecule has 1 aromatic rings. The van der Waals surface area contributed by atoms with Gasteiger partial charge in [0.05, 0.1) is 19.0 Å². The van der Waals surface area contributed by atoms with E-state index in [4.69, 9.17) is 10.5 Å². The monoisotopic (exact) mass is 208 g/mol. The fourth-order valence-corrected chi connectivity index (χ4v) is 1.94. The highest BCUT2D eigenvalue weighted by atomic mass is 16.5. The van der Waals surface area contributed by atoms with Crippen molar-refractivity contribution in [2.45, 2.75) is 6.42 Å². The number of ether oxygens (including phenoxy) is 1. The fraction of sp³-hybridized carbons (Fsp3) is 0.600. The molecule has 5 heteroatoms. The van der Waals surface area contributed by atoms with Crippen LogP contribution in [0.25, 0.3) is 0 Å². The summed E-state index contributed by atoms with van der Waals surface area (Å²) in [5.74, 6) is 1.94. The molecule has 1 aliphatic heterocycles. The Balaban J connectivity index is 2.01. The maximum absolute atomic E-state index is 5.59. The molecule has 82 valence electrons. The zero-order chi connectivity index (χ0) is 10.7. The molecule has 5 nitrogen and oxygen atoms in total. The van der Waals surface area contributed by atoms with E-state index in [0.29, 0.717) is 11.7 Å². The largest absolute Gasteiger partial charge is 0.384 e. The minimum atomic E-state index is 0.475. The first kappa shape index (κ1) is 10.2. The van der Waals surface area contributed by atoms with Crippen molar-refractivity contribution in [2.75, 3.05) is 37.4 Å². The Bertz CT molecular complexity index is 331. The van der Waals surface area contributed by atoms with Crippen molar-refractivity contribution in [1.82, 2.24) is 9.97 Å². The molecule has 1 atom stereocenters. The van der Waals surface area contributed by atoms with Gasteiger partial charge in [-0.15, -0.1) is 0 Å². The molecule has 15 heavy (non-hydrogen) atoms. The van der Waals surface area contributed by atoms with Crippen molar-refractivity contribution >= 4 is 11.6 Å². The Morgan fingerprint density at radius 2 is 2.47 bits per heavy atom. The van der Waals surface area contributed by atoms with Gasteiger partial charge >= 0.3 is 0 Å². The third-order valence-electron chi connectivity index (χ3n) is 2.65. The van der Waals surface area contributed by atoms with Gasteiger partial charge in [-0.2, -0.15) is 0 Å². The van der Waals surface area contributed by atoms with Gasteiger partial charge in [0.1, 0.15) is 11.6 Å². The summed E-state index contributed by atoms with van der Waals surface area (Å²) in [5.41, 5.74) is 5.59. The molecule has 1 fully saturated rings. The molecule has 1 aliphatic rings. The SMILES string of the molecule is COCC1CCN(c2cncc(N)n2)C1. The van der Waals surface area contributed by atoms with Gasteiger partial charge in [-0.25, -0.2) is 4.98 Å². The van der Waals surface area contributed by atoms with Gasteiger partial charge in [0.2, 0.25) is 0 Å². The highest BCUT2D eigenvalue weighted by Gasteiger charge is 2.23. The van der Waals surface area contributed by atoms with Crippen LogP contribution in [0, 0.1) is 5.92 Å². The average molecular weight is 208 g/mol. The number of rotatable bonds is 3. The number of nitrogens with zero attached hydrogens (tertiary/aromatic N) is 3. The molecule has 0 amide bonds. The maximum atomic E-state index is 5.59. The predicted octanol–water partition coefficient (Wildman–Crippen LogP) is 0.531. The lowest BCUT2D eigenvalue weighted by Crippen LogP contribution is -2.22. The van der Waals surface area contributed by atoms with Gasteiger partial charge < -0.3 is 15.4 Å². The predicted molar refractivity (Wildman–Crippen MR) is 58.6 cm³/mol. The van der Waals surface area contributed by atoms with Crippen LogP contribution in [0.15, 0.2) is 12.4 Å². The first-order valence-electron chi connectivity index (χ1n) is 5.11. The molecule has 1 aromatic heterocycles. The van der Waals surface area contributed by atoms with E-state index >= 15 is 0 Å². The molecule has 0 aromatic carbocycles. The lowest BCUT2D eigenvalue weighted by Gasteiger charge is -2.16. The van der Waals surface area contributed by atoms with E-state index in [9.17, 15) is 0 Å². The standard InChI is InChI=1S/C10H16N4O/c1-15-7-8-2-3-14(6-8)10-5-12-4-9(11)13-10/h4-5,8H,2-3,6-7H2,1H3,(H2,11,13). The van der Waals surface area contributed by atoms with Crippen molar-refractivity contribution in [3.63, 3.8) is 0 Å². The minimum absolute atomic E-state index is 0.475. The average Bonchev–Trinajstić information content (AvgIpc) is 2.67. The number of hydrogen-bond donors (Lipinski definition) is 1. The van der Waals surface area contributed by atoms with E-state index in [1.54, 1.807) is 19.5 Å². The third kappa shape index (κ3) is 2.36. The van der Waals surface area contributed by atoms with Crippen LogP contribution in [0.4, 0.5) is 11.6 Å². The smallest absolute Gasteiger partial charge is 0.149 e. The highest BCUT2D eigenvalue weighted by molar-refractivity contribution is 5.42. The highest BCUT2D eigenvalue weighted by Crippen LogP contribution is 2.21. The summed E-state index contributed by atoms with van der Waals surface area (Å²) in [4.78, 5) is 10.5. The molecular weight excluding hydrogens is 192 g/mol. The van der Waals surface area contributed by atoms with Crippen LogP contribution in [0.5, 0.6) is 0 Å². The summed E-state index contributed by atoms with van der Waals surface area (Å²) in [6.45, 7) is 2.80. The van der Waals surface area contributed by atoms with Crippen molar-refractivity contribution in [1.29, 1.82) is 0 Å². The van der Waals surface area contributed by atoms with E-state index in [-0.39, 0.29) is 0 Å². The second-order valence-electron chi connectivity index (χ2n) is 3.86. The van der Waals surface area contributed by atoms with Crippen LogP contribution in [0.3, 0.4) is 0 Å². The van der Waals surface area contributed by atoms with Gasteiger partial charge in [-0.05, 0) is 6.42 Å². The zero-order valence-electron chi connectivity index (χ0n) is 8.89. The molecule has 2 rings (SSSR count). The molecular formula is C10H16N4O. The molecule has 0 bridgehead atoms. The Hall–Kier alpha value is -1.36. The Kier molecular flexibility index (Phi) is 3.01. The fourth-order valence-electron chi connectivity index (χ4n) is 1.94. The summed E-state index contributed by atoms with van der Waals surface area (Å²) < 4.78 is 5.15. The minimum Gasteiger partial charge on any atom is -0.384 e. The van der Waals surface area contributed by atoms with Crippen molar-refractivity contribution in [3.8, 4) is 0 Å². The number of aromatic nitrogens is 2. The molecule has 1 unspecified atom stereocenters. The molecule has 0 spiro atoms. The summed E-state index contributed by atoms with van der Waals surface area (Å²) in [5, 5.41) is 0. The number of anilines is 2. The van der Waals surface area contributed by atoms with Crippen LogP contribution >= 0.6 is 0 Å². The second-order valence-corrected chi connectivity index (χ2v) is 3.86. The van der Waals surface area contributed by atoms with Crippen molar-refractivity contribution in [3.05, 3.63) is 12.4 Å². The molecule has 2 N–H and O–H groups in total. The Morgan fingerprint density at radius 1 is 1.60 bits per heavy atom. The van der Waals surface area contributed by atoms with E-state index < -0.39 is 0 Å². The van der Waals surface area contributed by atoms with Crippen LogP contribution in [0.1, 0.15) is 6.42 Å². The van der Waals surface area contributed by atoms with Gasteiger partial charge in [0.25, 0.3) is 0 Å². The zero-order valence-corrected chi connectivity index (χ0v) is 8.89. The second kappa shape index (κ2) is 4.44. The molecule has 0 radical (unpaired) electrons. The van der Waals surface area contributed by atoms with Crippen LogP contribution in [0.2, 0.25) is 0 Å². The summed E-state index contributed by atoms with van der Waals surface area (Å²) in [7, 11) is 1.74. The van der Waals surface area contributed by atoms with Crippen molar-refractivity contribution < 1.29 is 4.74 Å². The van der Waals surface area contributed by atoms with Gasteiger partial charge in [0, 0.05) is 26.1 Å². The van der Waals surface area contributed by atoms with E-state index in [2.05, 4.69) is 14.9 Å². The van der Waals surface area contributed by atoms with E-state index in [1.807, 2.05) is 0 Å². The quantitative estimate of drug-likeness (QED) is 0.785. The maximum Gasteiger partial charge on any atom is 0.149 e. The lowest BCUT2D eigenvalue weighted by atomic mass is 10.1. The topological polar surface area (TPSA) is 64.3 Å². The van der Waals surface area contributed by atoms with E-state index in [1.165, 1.54) is 0 Å². The van der Waals surface area contributed by atoms with Crippen LogP contribution in [-0.4, -0.2) is 36.8 Å². The van der Waals surface area contributed by atoms with E-state index in [0.717, 1.165) is 31.9 Å². The van der Waals surface area contributed by atoms with Crippen molar-refractivity contribution in [2.24, 2.45) is 5.92 Å². The van der Waals surface area contributed by atoms with Gasteiger partial charge in [0.15, 0.2) is 0 Å². The first-order valence-corrected chi connectivity index (χ1v) is 5.11. The number of nitrogens with two attached hydrogens (primary N) is 1. The number of hydrogen-bond acceptors (Lipinski definition) is 5. The molecule has 0 saturated carbocycles. The van der Waals surface area contributed by atoms with Crippen LogP contribution < -0.4 is 10.6 Å². The number of methoxy groups -OCH3 is 1. The summed E-state index contributed by atoms with van der Waals surface area (Å²) in [6, 6.07) is 0. The molecule has 2 heterocycles.